The van der Waals surface area contributed by atoms with Crippen LogP contribution in [0.2, 0.25) is 0 Å². The maximum atomic E-state index is 12.3. The van der Waals surface area contributed by atoms with Crippen LogP contribution >= 0.6 is 0 Å². The van der Waals surface area contributed by atoms with E-state index >= 15 is 0 Å². The van der Waals surface area contributed by atoms with Crippen molar-refractivity contribution in [2.75, 3.05) is 6.67 Å². The Hall–Kier alpha value is -1.25. The minimum absolute atomic E-state index is 0.0232. The molecule has 0 rings (SSSR count). The monoisotopic (exact) mass is 158 g/mol. The molecule has 0 saturated heterocycles. The summed E-state index contributed by atoms with van der Waals surface area (Å²) in [5, 5.41) is 0. The van der Waals surface area contributed by atoms with E-state index in [0.717, 1.165) is 18.2 Å². The first-order valence-electron chi connectivity index (χ1n) is 2.95. The van der Waals surface area contributed by atoms with Crippen molar-refractivity contribution in [3.63, 3.8) is 0 Å². The molecule has 0 atom stereocenters. The van der Waals surface area contributed by atoms with Crippen LogP contribution in [0.4, 0.5) is 8.78 Å². The molecule has 0 aromatic heterocycles. The Kier molecular flexibility index (Phi) is 4.90. The van der Waals surface area contributed by atoms with Crippen LogP contribution < -0.4 is 0 Å². The summed E-state index contributed by atoms with van der Waals surface area (Å²) < 4.78 is 23.9. The highest BCUT2D eigenvalue weighted by molar-refractivity contribution is 5.77. The summed E-state index contributed by atoms with van der Waals surface area (Å²) in [6, 6.07) is 0. The van der Waals surface area contributed by atoms with E-state index in [2.05, 4.69) is 6.58 Å². The standard InChI is InChI=1S/C8H8F2O/c1-2-8(10)5-7(6-11)3-4-9/h2-3,5-6H,1,4H2/b7-3+,8-5+. The second kappa shape index (κ2) is 5.53. The minimum atomic E-state index is -0.783. The second-order valence-corrected chi connectivity index (χ2v) is 1.71. The van der Waals surface area contributed by atoms with Crippen LogP contribution in [0.15, 0.2) is 36.2 Å². The van der Waals surface area contributed by atoms with E-state index in [1.54, 1.807) is 0 Å². The third-order valence-electron chi connectivity index (χ3n) is 0.948. The molecule has 1 nitrogen and oxygen atoms in total. The summed E-state index contributed by atoms with van der Waals surface area (Å²) in [5.74, 6) is -0.656. The number of carbonyl (C=O) groups excluding carboxylic acids is 1. The van der Waals surface area contributed by atoms with E-state index in [1.165, 1.54) is 0 Å². The van der Waals surface area contributed by atoms with E-state index in [9.17, 15) is 13.6 Å². The third-order valence-corrected chi connectivity index (χ3v) is 0.948. The van der Waals surface area contributed by atoms with Gasteiger partial charge in [0, 0.05) is 5.57 Å². The zero-order valence-corrected chi connectivity index (χ0v) is 5.89. The lowest BCUT2D eigenvalue weighted by atomic mass is 10.2. The van der Waals surface area contributed by atoms with Crippen LogP contribution in [-0.2, 0) is 4.79 Å². The first-order valence-corrected chi connectivity index (χ1v) is 2.95. The highest BCUT2D eigenvalue weighted by atomic mass is 19.1. The Labute approximate surface area is 63.7 Å². The van der Waals surface area contributed by atoms with Gasteiger partial charge in [-0.05, 0) is 18.2 Å². The molecule has 0 fully saturated rings. The lowest BCUT2D eigenvalue weighted by Gasteiger charge is -1.87. The second-order valence-electron chi connectivity index (χ2n) is 1.71. The fourth-order valence-electron chi connectivity index (χ4n) is 0.448. The van der Waals surface area contributed by atoms with Crippen molar-refractivity contribution in [3.8, 4) is 0 Å². The van der Waals surface area contributed by atoms with Gasteiger partial charge in [0.2, 0.25) is 0 Å². The average molecular weight is 158 g/mol. The summed E-state index contributed by atoms with van der Waals surface area (Å²) in [4.78, 5) is 10.1. The first-order chi connectivity index (χ1) is 5.24. The van der Waals surface area contributed by atoms with Crippen molar-refractivity contribution in [2.24, 2.45) is 0 Å². The van der Waals surface area contributed by atoms with Crippen LogP contribution in [-0.4, -0.2) is 13.0 Å². The summed E-state index contributed by atoms with van der Waals surface area (Å²) in [6.45, 7) is 2.35. The molecule has 0 aliphatic rings. The van der Waals surface area contributed by atoms with Gasteiger partial charge in [0.05, 0.1) is 0 Å². The highest BCUT2D eigenvalue weighted by Gasteiger charge is 1.91. The highest BCUT2D eigenvalue weighted by Crippen LogP contribution is 2.02. The molecule has 60 valence electrons. The summed E-state index contributed by atoms with van der Waals surface area (Å²) in [7, 11) is 0. The average Bonchev–Trinajstić information content (AvgIpc) is 2.03. The van der Waals surface area contributed by atoms with Gasteiger partial charge in [0.15, 0.2) is 0 Å². The van der Waals surface area contributed by atoms with E-state index in [-0.39, 0.29) is 5.57 Å². The van der Waals surface area contributed by atoms with Crippen molar-refractivity contribution >= 4 is 6.29 Å². The van der Waals surface area contributed by atoms with Crippen molar-refractivity contribution in [1.29, 1.82) is 0 Å². The molecule has 0 spiro atoms. The molecule has 11 heavy (non-hydrogen) atoms. The third kappa shape index (κ3) is 4.19. The number of rotatable bonds is 4. The Morgan fingerprint density at radius 3 is 2.55 bits per heavy atom. The summed E-state index contributed by atoms with van der Waals surface area (Å²) >= 11 is 0. The maximum Gasteiger partial charge on any atom is 0.149 e. The van der Waals surface area contributed by atoms with Crippen molar-refractivity contribution in [3.05, 3.63) is 36.2 Å². The van der Waals surface area contributed by atoms with Gasteiger partial charge >= 0.3 is 0 Å². The van der Waals surface area contributed by atoms with Gasteiger partial charge in [-0.1, -0.05) is 6.58 Å². The lowest BCUT2D eigenvalue weighted by molar-refractivity contribution is -0.104. The molecule has 0 saturated carbocycles. The van der Waals surface area contributed by atoms with Gasteiger partial charge in [-0.2, -0.15) is 0 Å². The summed E-state index contributed by atoms with van der Waals surface area (Å²) in [6.07, 6.45) is 3.22. The fourth-order valence-corrected chi connectivity index (χ4v) is 0.448. The van der Waals surface area contributed by atoms with Crippen molar-refractivity contribution < 1.29 is 13.6 Å². The van der Waals surface area contributed by atoms with Gasteiger partial charge < -0.3 is 0 Å². The molecular weight excluding hydrogens is 150 g/mol. The van der Waals surface area contributed by atoms with Crippen LogP contribution in [0.25, 0.3) is 0 Å². The minimum Gasteiger partial charge on any atom is -0.298 e. The topological polar surface area (TPSA) is 17.1 Å². The van der Waals surface area contributed by atoms with E-state index < -0.39 is 12.5 Å². The number of alkyl halides is 1. The molecule has 0 radical (unpaired) electrons. The van der Waals surface area contributed by atoms with E-state index in [4.69, 9.17) is 0 Å². The van der Waals surface area contributed by atoms with Crippen molar-refractivity contribution in [2.45, 2.75) is 0 Å². The Bertz CT molecular complexity index is 204. The van der Waals surface area contributed by atoms with Gasteiger partial charge in [0.25, 0.3) is 0 Å². The maximum absolute atomic E-state index is 12.3. The fraction of sp³-hybridized carbons (Fsp3) is 0.125. The van der Waals surface area contributed by atoms with Crippen molar-refractivity contribution in [1.82, 2.24) is 0 Å². The largest absolute Gasteiger partial charge is 0.298 e. The number of hydrogen-bond donors (Lipinski definition) is 0. The Balaban J connectivity index is 4.41. The predicted octanol–water partition coefficient (Wildman–Crippen LogP) is 2.12. The molecule has 0 amide bonds. The summed E-state index contributed by atoms with van der Waals surface area (Å²) in [5.41, 5.74) is -0.0232. The van der Waals surface area contributed by atoms with Gasteiger partial charge in [-0.3, -0.25) is 4.79 Å². The normalized spacial score (nSPS) is 12.9. The van der Waals surface area contributed by atoms with Gasteiger partial charge in [-0.15, -0.1) is 0 Å². The van der Waals surface area contributed by atoms with Gasteiger partial charge in [0.1, 0.15) is 18.8 Å². The van der Waals surface area contributed by atoms with Gasteiger partial charge in [-0.25, -0.2) is 8.78 Å². The van der Waals surface area contributed by atoms with Crippen LogP contribution in [0, 0.1) is 0 Å². The quantitative estimate of drug-likeness (QED) is 0.348. The number of hydrogen-bond acceptors (Lipinski definition) is 1. The molecule has 0 aromatic carbocycles. The Morgan fingerprint density at radius 2 is 2.18 bits per heavy atom. The molecule has 3 heteroatoms. The molecule has 0 bridgehead atoms. The predicted molar refractivity (Wildman–Crippen MR) is 39.5 cm³/mol. The molecule has 0 aromatic rings. The molecule has 0 aliphatic heterocycles. The zero-order valence-electron chi connectivity index (χ0n) is 5.89. The Morgan fingerprint density at radius 1 is 1.55 bits per heavy atom. The smallest absolute Gasteiger partial charge is 0.149 e. The number of aldehydes is 1. The SMILES string of the molecule is C=C/C(F)=C\C(C=O)=C/CF. The molecule has 0 heterocycles. The number of carbonyl (C=O) groups is 1. The molecule has 0 unspecified atom stereocenters. The first kappa shape index (κ1) is 9.75. The van der Waals surface area contributed by atoms with Crippen LogP contribution in [0.3, 0.4) is 0 Å². The zero-order chi connectivity index (χ0) is 8.69. The van der Waals surface area contributed by atoms with E-state index in [1.807, 2.05) is 0 Å². The van der Waals surface area contributed by atoms with E-state index in [0.29, 0.717) is 6.29 Å². The molecular formula is C8H8F2O. The number of allylic oxidation sites excluding steroid dienone is 5. The molecule has 0 N–H and O–H groups in total. The number of halogens is 2. The lowest BCUT2D eigenvalue weighted by Crippen LogP contribution is -1.81. The van der Waals surface area contributed by atoms with Crippen LogP contribution in [0.1, 0.15) is 0 Å². The molecule has 0 aliphatic carbocycles. The van der Waals surface area contributed by atoms with Crippen LogP contribution in [0.5, 0.6) is 0 Å².